The normalized spacial score (nSPS) is 15.2. The lowest BCUT2D eigenvalue weighted by Crippen LogP contribution is -2.33. The second-order valence-electron chi connectivity index (χ2n) is 7.29. The third-order valence-corrected chi connectivity index (χ3v) is 5.08. The minimum absolute atomic E-state index is 0.117. The van der Waals surface area contributed by atoms with Crippen molar-refractivity contribution in [2.24, 2.45) is 5.92 Å². The molecule has 162 valence electrons. The fourth-order valence-electron chi connectivity index (χ4n) is 3.04. The molecule has 0 spiro atoms. The molecule has 0 saturated carbocycles. The van der Waals surface area contributed by atoms with Crippen molar-refractivity contribution >= 4 is 23.3 Å². The van der Waals surface area contributed by atoms with E-state index in [4.69, 9.17) is 11.6 Å². The molecule has 0 aliphatic carbocycles. The van der Waals surface area contributed by atoms with Crippen molar-refractivity contribution in [3.63, 3.8) is 0 Å². The topological polar surface area (TPSA) is 67.4 Å². The van der Waals surface area contributed by atoms with E-state index in [1.165, 1.54) is 6.07 Å². The average Bonchev–Trinajstić information content (AvgIpc) is 2.71. The monoisotopic (exact) mass is 442 g/mol. The highest BCUT2D eigenvalue weighted by Crippen LogP contribution is 2.25. The number of alkyl halides is 3. The van der Waals surface area contributed by atoms with Crippen molar-refractivity contribution in [2.45, 2.75) is 32.5 Å². The van der Waals surface area contributed by atoms with Crippen LogP contribution in [-0.4, -0.2) is 41.7 Å². The molecule has 1 aliphatic rings. The maximum Gasteiger partial charge on any atom is 0.422 e. The van der Waals surface area contributed by atoms with Crippen LogP contribution in [0.5, 0.6) is 5.88 Å². The predicted octanol–water partition coefficient (Wildman–Crippen LogP) is 4.24. The molecule has 2 aromatic heterocycles. The number of carbonyl (C=O) groups is 1. The average molecular weight is 443 g/mol. The highest BCUT2D eigenvalue weighted by atomic mass is 35.5. The summed E-state index contributed by atoms with van der Waals surface area (Å²) in [6.45, 7) is 2.96. The summed E-state index contributed by atoms with van der Waals surface area (Å²) in [5.74, 6) is 0.824. The molecule has 30 heavy (non-hydrogen) atoms. The van der Waals surface area contributed by atoms with Crippen molar-refractivity contribution in [1.82, 2.24) is 15.3 Å². The Labute approximate surface area is 177 Å². The van der Waals surface area contributed by atoms with Gasteiger partial charge < -0.3 is 15.0 Å². The lowest BCUT2D eigenvalue weighted by atomic mass is 9.99. The van der Waals surface area contributed by atoms with Gasteiger partial charge in [-0.3, -0.25) is 4.79 Å². The number of halogens is 4. The number of hydrogen-bond donors (Lipinski definition) is 1. The van der Waals surface area contributed by atoms with Crippen LogP contribution in [0.2, 0.25) is 5.02 Å². The molecule has 0 atom stereocenters. The maximum atomic E-state index is 12.3. The third kappa shape index (κ3) is 6.22. The molecule has 1 N–H and O–H groups in total. The second-order valence-corrected chi connectivity index (χ2v) is 7.70. The zero-order chi connectivity index (χ0) is 21.7. The van der Waals surface area contributed by atoms with Crippen molar-refractivity contribution in [1.29, 1.82) is 0 Å². The molecular weight excluding hydrogens is 421 g/mol. The lowest BCUT2D eigenvalue weighted by molar-refractivity contribution is -0.154. The third-order valence-electron chi connectivity index (χ3n) is 4.81. The van der Waals surface area contributed by atoms with Crippen LogP contribution in [0.15, 0.2) is 30.6 Å². The zero-order valence-electron chi connectivity index (χ0n) is 16.4. The Kier molecular flexibility index (Phi) is 7.02. The van der Waals surface area contributed by atoms with Crippen LogP contribution in [0.3, 0.4) is 0 Å². The number of nitrogens with one attached hydrogen (secondary N) is 1. The summed E-state index contributed by atoms with van der Waals surface area (Å²) in [5, 5.41) is 2.54. The van der Waals surface area contributed by atoms with Gasteiger partial charge in [-0.05, 0) is 36.5 Å². The quantitative estimate of drug-likeness (QED) is 0.725. The van der Waals surface area contributed by atoms with E-state index in [1.807, 2.05) is 12.1 Å². The summed E-state index contributed by atoms with van der Waals surface area (Å²) in [5.41, 5.74) is 0.938. The highest BCUT2D eigenvalue weighted by molar-refractivity contribution is 6.32. The summed E-state index contributed by atoms with van der Waals surface area (Å²) in [6.07, 6.45) is 0.627. The highest BCUT2D eigenvalue weighted by Gasteiger charge is 2.29. The number of ether oxygens (including phenoxy) is 1. The SMILES string of the molecule is CC1CCN(c2ccc(CNC(=O)c3cnc(OCC(F)(F)F)c(Cl)c3)cn2)CC1. The predicted molar refractivity (Wildman–Crippen MR) is 107 cm³/mol. The van der Waals surface area contributed by atoms with Crippen LogP contribution < -0.4 is 15.0 Å². The molecule has 3 rings (SSSR count). The second kappa shape index (κ2) is 9.51. The fraction of sp³-hybridized carbons (Fsp3) is 0.450. The number of aromatic nitrogens is 2. The number of carbonyl (C=O) groups excluding carboxylic acids is 1. The molecular formula is C20H22ClF3N4O2. The summed E-state index contributed by atoms with van der Waals surface area (Å²) in [6, 6.07) is 5.05. The minimum atomic E-state index is -4.50. The summed E-state index contributed by atoms with van der Waals surface area (Å²) in [7, 11) is 0. The molecule has 2 aromatic rings. The molecule has 0 bridgehead atoms. The number of amides is 1. The molecule has 1 amide bonds. The van der Waals surface area contributed by atoms with Gasteiger partial charge in [-0.1, -0.05) is 24.6 Å². The minimum Gasteiger partial charge on any atom is -0.467 e. The van der Waals surface area contributed by atoms with E-state index in [0.29, 0.717) is 0 Å². The number of pyridine rings is 2. The van der Waals surface area contributed by atoms with Gasteiger partial charge in [0, 0.05) is 32.0 Å². The zero-order valence-corrected chi connectivity index (χ0v) is 17.1. The van der Waals surface area contributed by atoms with E-state index in [2.05, 4.69) is 31.8 Å². The molecule has 10 heteroatoms. The van der Waals surface area contributed by atoms with Gasteiger partial charge in [-0.15, -0.1) is 0 Å². The van der Waals surface area contributed by atoms with E-state index in [9.17, 15) is 18.0 Å². The van der Waals surface area contributed by atoms with Gasteiger partial charge in [-0.25, -0.2) is 9.97 Å². The standard InChI is InChI=1S/C20H22ClF3N4O2/c1-13-4-6-28(7-5-13)17-3-2-14(9-25-17)10-26-18(29)15-8-16(21)19(27-11-15)30-12-20(22,23)24/h2-3,8-9,11,13H,4-7,10,12H2,1H3,(H,26,29). The van der Waals surface area contributed by atoms with E-state index in [0.717, 1.165) is 49.4 Å². The maximum absolute atomic E-state index is 12.3. The van der Waals surface area contributed by atoms with Crippen LogP contribution in [0.25, 0.3) is 0 Å². The molecule has 3 heterocycles. The largest absolute Gasteiger partial charge is 0.467 e. The van der Waals surface area contributed by atoms with Gasteiger partial charge in [0.15, 0.2) is 6.61 Å². The Morgan fingerprint density at radius 1 is 1.27 bits per heavy atom. The summed E-state index contributed by atoms with van der Waals surface area (Å²) < 4.78 is 41.2. The van der Waals surface area contributed by atoms with Gasteiger partial charge in [-0.2, -0.15) is 13.2 Å². The Morgan fingerprint density at radius 2 is 2.00 bits per heavy atom. The molecule has 1 saturated heterocycles. The number of anilines is 1. The van der Waals surface area contributed by atoms with Gasteiger partial charge in [0.1, 0.15) is 10.8 Å². The Bertz CT molecular complexity index is 869. The first-order valence-electron chi connectivity index (χ1n) is 9.54. The van der Waals surface area contributed by atoms with E-state index in [1.54, 1.807) is 6.20 Å². The number of rotatable bonds is 6. The van der Waals surface area contributed by atoms with E-state index in [-0.39, 0.29) is 23.0 Å². The van der Waals surface area contributed by atoms with Crippen LogP contribution >= 0.6 is 11.6 Å². The fourth-order valence-corrected chi connectivity index (χ4v) is 3.26. The first-order valence-corrected chi connectivity index (χ1v) is 9.92. The molecule has 0 aromatic carbocycles. The van der Waals surface area contributed by atoms with Crippen LogP contribution in [0.1, 0.15) is 35.7 Å². The van der Waals surface area contributed by atoms with Crippen LogP contribution in [0, 0.1) is 5.92 Å². The van der Waals surface area contributed by atoms with Crippen molar-refractivity contribution in [2.75, 3.05) is 24.6 Å². The number of hydrogen-bond acceptors (Lipinski definition) is 5. The number of nitrogens with zero attached hydrogens (tertiary/aromatic N) is 3. The number of piperidine rings is 1. The Hall–Kier alpha value is -2.55. The van der Waals surface area contributed by atoms with Crippen LogP contribution in [-0.2, 0) is 6.54 Å². The first kappa shape index (κ1) is 22.1. The van der Waals surface area contributed by atoms with E-state index < -0.39 is 18.7 Å². The van der Waals surface area contributed by atoms with Gasteiger partial charge in [0.2, 0.25) is 5.88 Å². The lowest BCUT2D eigenvalue weighted by Gasteiger charge is -2.31. The molecule has 0 unspecified atom stereocenters. The summed E-state index contributed by atoms with van der Waals surface area (Å²) in [4.78, 5) is 22.7. The van der Waals surface area contributed by atoms with Gasteiger partial charge in [0.25, 0.3) is 5.91 Å². The molecule has 0 radical (unpaired) electrons. The molecule has 1 aliphatic heterocycles. The van der Waals surface area contributed by atoms with Crippen LogP contribution in [0.4, 0.5) is 19.0 Å². The molecule has 6 nitrogen and oxygen atoms in total. The van der Waals surface area contributed by atoms with Crippen molar-refractivity contribution in [3.8, 4) is 5.88 Å². The Balaban J connectivity index is 1.53. The van der Waals surface area contributed by atoms with Crippen molar-refractivity contribution < 1.29 is 22.7 Å². The first-order chi connectivity index (χ1) is 14.2. The van der Waals surface area contributed by atoms with Gasteiger partial charge in [0.05, 0.1) is 5.56 Å². The smallest absolute Gasteiger partial charge is 0.422 e. The summed E-state index contributed by atoms with van der Waals surface area (Å²) >= 11 is 5.87. The van der Waals surface area contributed by atoms with Crippen molar-refractivity contribution in [3.05, 3.63) is 46.7 Å². The van der Waals surface area contributed by atoms with Gasteiger partial charge >= 0.3 is 6.18 Å². The molecule has 1 fully saturated rings. The Morgan fingerprint density at radius 3 is 2.60 bits per heavy atom. The van der Waals surface area contributed by atoms with E-state index >= 15 is 0 Å².